The van der Waals surface area contributed by atoms with Gasteiger partial charge in [0, 0.05) is 79.5 Å². The minimum Gasteiger partial charge on any atom is -0.486 e. The molecule has 2 aromatic carbocycles. The predicted octanol–water partition coefficient (Wildman–Crippen LogP) is 3.44. The van der Waals surface area contributed by atoms with Gasteiger partial charge in [0.2, 0.25) is 35.4 Å². The number of unbranched alkanes of at least 4 members (excludes halogenated alkanes) is 2. The Morgan fingerprint density at radius 2 is 1.55 bits per heavy atom. The third-order valence-electron chi connectivity index (χ3n) is 14.6. The van der Waals surface area contributed by atoms with E-state index in [0.29, 0.717) is 109 Å². The van der Waals surface area contributed by atoms with Gasteiger partial charge in [-0.15, -0.1) is 0 Å². The first-order chi connectivity index (χ1) is 38.5. The van der Waals surface area contributed by atoms with Crippen LogP contribution in [0.25, 0.3) is 22.3 Å². The first kappa shape index (κ1) is 57.8. The van der Waals surface area contributed by atoms with Crippen molar-refractivity contribution in [3.05, 3.63) is 80.6 Å². The van der Waals surface area contributed by atoms with Gasteiger partial charge in [0.25, 0.3) is 5.56 Å². The van der Waals surface area contributed by atoms with Crippen molar-refractivity contribution in [3.8, 4) is 22.9 Å². The van der Waals surface area contributed by atoms with E-state index in [9.17, 15) is 47.9 Å². The van der Waals surface area contributed by atoms with Gasteiger partial charge in [-0.05, 0) is 85.4 Å². The number of hydrogen-bond donors (Lipinski definition) is 7. The molecular formula is C56H68N10O14. The van der Waals surface area contributed by atoms with Crippen LogP contribution in [0.5, 0.6) is 11.5 Å². The molecule has 1 fully saturated rings. The topological polar surface area (TPSA) is 327 Å². The number of urea groups is 1. The number of imide groups is 1. The van der Waals surface area contributed by atoms with Crippen molar-refractivity contribution >= 4 is 69.9 Å². The largest absolute Gasteiger partial charge is 0.486 e. The minimum absolute atomic E-state index is 0.0488. The maximum Gasteiger partial charge on any atom is 0.409 e. The van der Waals surface area contributed by atoms with Crippen molar-refractivity contribution in [1.29, 1.82) is 0 Å². The minimum atomic E-state index is -1.08. The van der Waals surface area contributed by atoms with E-state index < -0.39 is 48.5 Å². The lowest BCUT2D eigenvalue weighted by atomic mass is 9.80. The van der Waals surface area contributed by atoms with Crippen LogP contribution in [-0.2, 0) is 69.2 Å². The smallest absolute Gasteiger partial charge is 0.409 e. The highest BCUT2D eigenvalue weighted by molar-refractivity contribution is 6.02. The number of hydrogen-bond acceptors (Lipinski definition) is 15. The number of anilines is 1. The number of nitrogens with one attached hydrogen (secondary N) is 6. The van der Waals surface area contributed by atoms with Crippen molar-refractivity contribution < 1.29 is 62.1 Å². The van der Waals surface area contributed by atoms with Crippen LogP contribution in [-0.4, -0.2) is 120 Å². The monoisotopic (exact) mass is 1100 g/mol. The fourth-order valence-corrected chi connectivity index (χ4v) is 10.4. The number of nitrogens with zero attached hydrogens (tertiary/aromatic N) is 3. The van der Waals surface area contributed by atoms with Gasteiger partial charge in [-0.1, -0.05) is 39.3 Å². The van der Waals surface area contributed by atoms with Gasteiger partial charge >= 0.3 is 12.1 Å². The lowest BCUT2D eigenvalue weighted by Gasteiger charge is -2.25. The molecule has 0 spiro atoms. The molecule has 9 amide bonds. The van der Waals surface area contributed by atoms with Crippen LogP contribution in [0.15, 0.2) is 47.3 Å². The van der Waals surface area contributed by atoms with E-state index >= 15 is 0 Å². The number of amides is 9. The summed E-state index contributed by atoms with van der Waals surface area (Å²) in [5.74, 6) is -1.90. The first-order valence-corrected chi connectivity index (χ1v) is 27.1. The number of carbonyl (C=O) groups is 9. The van der Waals surface area contributed by atoms with E-state index in [1.165, 1.54) is 4.90 Å². The molecule has 0 radical (unpaired) electrons. The number of fused-ring (bicyclic) bond motifs is 6. The average molecular weight is 1110 g/mol. The quantitative estimate of drug-likeness (QED) is 0.0250. The van der Waals surface area contributed by atoms with Crippen molar-refractivity contribution in [3.63, 3.8) is 0 Å². The number of primary amides is 1. The molecule has 1 saturated heterocycles. The molecular weight excluding hydrogens is 1040 g/mol. The van der Waals surface area contributed by atoms with E-state index in [0.717, 1.165) is 16.7 Å². The fourth-order valence-electron chi connectivity index (χ4n) is 10.4. The molecule has 2 aromatic heterocycles. The van der Waals surface area contributed by atoms with Crippen LogP contribution in [0.4, 0.5) is 15.3 Å². The number of ether oxygens (including phenoxy) is 4. The Morgan fingerprint density at radius 1 is 0.812 bits per heavy atom. The Labute approximate surface area is 460 Å². The van der Waals surface area contributed by atoms with E-state index in [2.05, 4.69) is 31.9 Å². The second-order valence-corrected chi connectivity index (χ2v) is 20.5. The van der Waals surface area contributed by atoms with Gasteiger partial charge in [-0.25, -0.2) is 14.6 Å². The first-order valence-electron chi connectivity index (χ1n) is 27.1. The molecule has 3 aliphatic heterocycles. The summed E-state index contributed by atoms with van der Waals surface area (Å²) in [6, 6.07) is 9.14. The maximum atomic E-state index is 14.0. The summed E-state index contributed by atoms with van der Waals surface area (Å²) < 4.78 is 24.2. The van der Waals surface area contributed by atoms with E-state index in [1.54, 1.807) is 48.7 Å². The average Bonchev–Trinajstić information content (AvgIpc) is 4.20. The van der Waals surface area contributed by atoms with Crippen molar-refractivity contribution in [2.45, 2.75) is 129 Å². The number of rotatable bonds is 25. The van der Waals surface area contributed by atoms with Crippen LogP contribution in [0, 0.1) is 5.92 Å². The van der Waals surface area contributed by atoms with Crippen LogP contribution in [0.2, 0.25) is 0 Å². The molecule has 80 heavy (non-hydrogen) atoms. The summed E-state index contributed by atoms with van der Waals surface area (Å²) in [7, 11) is 0. The molecule has 24 nitrogen and oxygen atoms in total. The lowest BCUT2D eigenvalue weighted by molar-refractivity contribution is -0.138. The molecule has 1 aliphatic carbocycles. The number of likely N-dealkylation sites (tertiary alicyclic amines) is 1. The number of nitrogens with two attached hydrogens (primary N) is 1. The van der Waals surface area contributed by atoms with E-state index in [1.807, 2.05) is 19.1 Å². The third kappa shape index (κ3) is 14.1. The van der Waals surface area contributed by atoms with Crippen LogP contribution < -0.4 is 52.7 Å². The Hall–Kier alpha value is -8.41. The van der Waals surface area contributed by atoms with Gasteiger partial charge in [-0.3, -0.25) is 48.6 Å². The van der Waals surface area contributed by atoms with Crippen LogP contribution >= 0.6 is 0 Å². The Kier molecular flexibility index (Phi) is 19.1. The molecule has 8 N–H and O–H groups in total. The molecule has 0 bridgehead atoms. The maximum absolute atomic E-state index is 14.0. The molecule has 24 heteroatoms. The highest BCUT2D eigenvalue weighted by atomic mass is 16.6. The Balaban J connectivity index is 0.795. The SMILES string of the molecule is CC[C@H]1C(=O)CCc2c1cc1n(c2=O)Cc2c-1nc1cc3c(cc1c2CNC(=O)COCNC(=O)OCc1ccc(NC(=O)[C@H](CCCNC(N)=O)NC(=O)[C@@H](NC(=O)CCCCCN2C(=O)CCC2=O)C(C)C)cc1)OCCO3. The molecule has 0 saturated carbocycles. The highest BCUT2D eigenvalue weighted by Crippen LogP contribution is 2.42. The second-order valence-electron chi connectivity index (χ2n) is 20.5. The van der Waals surface area contributed by atoms with Crippen LogP contribution in [0.1, 0.15) is 119 Å². The number of aromatic nitrogens is 2. The Bertz CT molecular complexity index is 3110. The molecule has 8 rings (SSSR count). The summed E-state index contributed by atoms with van der Waals surface area (Å²) in [5, 5.41) is 16.8. The summed E-state index contributed by atoms with van der Waals surface area (Å²) in [4.78, 5) is 134. The summed E-state index contributed by atoms with van der Waals surface area (Å²) in [5.41, 5.74) is 10.6. The molecule has 4 aliphatic rings. The molecule has 5 heterocycles. The van der Waals surface area contributed by atoms with E-state index in [-0.39, 0.29) is 106 Å². The number of carbonyl (C=O) groups excluding carboxylic acids is 9. The normalized spacial score (nSPS) is 15.8. The number of benzene rings is 2. The summed E-state index contributed by atoms with van der Waals surface area (Å²) >= 11 is 0. The lowest BCUT2D eigenvalue weighted by Crippen LogP contribution is -2.54. The zero-order valence-corrected chi connectivity index (χ0v) is 45.1. The van der Waals surface area contributed by atoms with Crippen molar-refractivity contribution in [2.75, 3.05) is 45.0 Å². The van der Waals surface area contributed by atoms with Gasteiger partial charge < -0.3 is 55.8 Å². The third-order valence-corrected chi connectivity index (χ3v) is 14.6. The summed E-state index contributed by atoms with van der Waals surface area (Å²) in [6.07, 6.45) is 3.03. The zero-order valence-electron chi connectivity index (χ0n) is 45.1. The number of pyridine rings is 2. The summed E-state index contributed by atoms with van der Waals surface area (Å²) in [6.45, 7) is 5.98. The van der Waals surface area contributed by atoms with E-state index in [4.69, 9.17) is 29.7 Å². The number of Topliss-reactive ketones (excluding diaryl/α,β-unsaturated/α-hetero) is 1. The number of alkyl carbamates (subject to hydrolysis) is 1. The van der Waals surface area contributed by atoms with Crippen molar-refractivity contribution in [1.82, 2.24) is 41.0 Å². The molecule has 3 atom stereocenters. The standard InChI is InChI=1S/C56H68N10O14/c1-4-34-36-23-42-51-39(27-66(42)54(74)35(36)15-16-43(34)67)38(37-24-44-45(25-41(37)62-51)79-22-21-78-44)26-59-47(69)29-77-30-60-56(76)80-28-32-11-13-33(14-12-32)61-52(72)40(9-8-19-58-55(57)75)63-53(73)50(31(2)3)64-46(68)10-6-5-7-20-65-48(70)17-18-49(65)71/h11-14,23-25,31,34,40,50H,4-10,15-22,26-30H2,1-3H3,(H,59,69)(H,60,76)(H,61,72)(H,63,73)(H,64,68)(H3,57,58,75)/t34-,40+,50+/m1/s1. The second kappa shape index (κ2) is 26.5. The fraction of sp³-hybridized carbons (Fsp3) is 0.482. The van der Waals surface area contributed by atoms with Crippen LogP contribution in [0.3, 0.4) is 0 Å². The molecule has 4 aromatic rings. The van der Waals surface area contributed by atoms with Gasteiger partial charge in [0.1, 0.15) is 51.0 Å². The Morgan fingerprint density at radius 3 is 2.26 bits per heavy atom. The molecule has 426 valence electrons. The van der Waals surface area contributed by atoms with Crippen molar-refractivity contribution in [2.24, 2.45) is 11.7 Å². The van der Waals surface area contributed by atoms with Gasteiger partial charge in [0.05, 0.1) is 23.4 Å². The molecule has 0 unspecified atom stereocenters. The highest BCUT2D eigenvalue weighted by Gasteiger charge is 2.35. The van der Waals surface area contributed by atoms with Gasteiger partial charge in [0.15, 0.2) is 11.5 Å². The number of ketones is 1. The van der Waals surface area contributed by atoms with Gasteiger partial charge in [-0.2, -0.15) is 0 Å². The predicted molar refractivity (Wildman–Crippen MR) is 289 cm³/mol. The zero-order chi connectivity index (χ0) is 57.0.